The molecule has 5 nitrogen and oxygen atoms in total. The van der Waals surface area contributed by atoms with Gasteiger partial charge in [-0.1, -0.05) is 0 Å². The van der Waals surface area contributed by atoms with Gasteiger partial charge in [0.15, 0.2) is 5.65 Å². The number of hydrogen-bond donors (Lipinski definition) is 2. The molecule has 2 heterocycles. The van der Waals surface area contributed by atoms with Crippen molar-refractivity contribution in [3.05, 3.63) is 28.9 Å². The summed E-state index contributed by atoms with van der Waals surface area (Å²) in [6.07, 6.45) is 5.05. The Morgan fingerprint density at radius 1 is 1.50 bits per heavy atom. The molecule has 86 valence electrons. The van der Waals surface area contributed by atoms with Gasteiger partial charge in [-0.25, -0.2) is 9.97 Å². The molecule has 6 heteroatoms. The fourth-order valence-electron chi connectivity index (χ4n) is 1.46. The lowest BCUT2D eigenvalue weighted by Crippen LogP contribution is -2.24. The van der Waals surface area contributed by atoms with E-state index in [0.717, 1.165) is 15.9 Å². The maximum atomic E-state index is 9.14. The van der Waals surface area contributed by atoms with E-state index >= 15 is 0 Å². The van der Waals surface area contributed by atoms with Gasteiger partial charge in [-0.05, 0) is 22.9 Å². The minimum Gasteiger partial charge on any atom is -0.392 e. The summed E-state index contributed by atoms with van der Waals surface area (Å²) >= 11 is 3.32. The third-order valence-corrected chi connectivity index (χ3v) is 2.60. The molecule has 1 unspecified atom stereocenters. The van der Waals surface area contributed by atoms with E-state index in [-0.39, 0.29) is 6.10 Å². The van der Waals surface area contributed by atoms with Crippen LogP contribution in [0, 0.1) is 0 Å². The molecule has 0 aromatic carbocycles. The van der Waals surface area contributed by atoms with Crippen LogP contribution >= 0.6 is 15.9 Å². The zero-order chi connectivity index (χ0) is 11.5. The lowest BCUT2D eigenvalue weighted by atomic mass is 10.4. The van der Waals surface area contributed by atoms with Crippen LogP contribution in [0.15, 0.2) is 23.2 Å². The van der Waals surface area contributed by atoms with Gasteiger partial charge >= 0.3 is 0 Å². The summed E-state index contributed by atoms with van der Waals surface area (Å²) < 4.78 is 2.74. The Morgan fingerprint density at radius 3 is 3.06 bits per heavy atom. The van der Waals surface area contributed by atoms with Crippen molar-refractivity contribution in [1.82, 2.24) is 19.7 Å². The van der Waals surface area contributed by atoms with Crippen LogP contribution in [0.4, 0.5) is 0 Å². The first kappa shape index (κ1) is 11.5. The van der Waals surface area contributed by atoms with Crippen LogP contribution < -0.4 is 5.32 Å². The van der Waals surface area contributed by atoms with E-state index in [1.165, 1.54) is 0 Å². The third kappa shape index (κ3) is 2.58. The predicted molar refractivity (Wildman–Crippen MR) is 64.1 cm³/mol. The summed E-state index contributed by atoms with van der Waals surface area (Å²) in [5, 5.41) is 12.3. The van der Waals surface area contributed by atoms with Crippen LogP contribution in [0.5, 0.6) is 0 Å². The van der Waals surface area contributed by atoms with E-state index < -0.39 is 0 Å². The maximum Gasteiger partial charge on any atom is 0.155 e. The molecule has 0 bridgehead atoms. The topological polar surface area (TPSA) is 62.5 Å². The molecule has 0 saturated carbocycles. The van der Waals surface area contributed by atoms with Crippen molar-refractivity contribution in [1.29, 1.82) is 0 Å². The molecule has 0 fully saturated rings. The molecular formula is C10H13BrN4O. The predicted octanol–water partition coefficient (Wildman–Crippen LogP) is 0.962. The molecule has 2 rings (SSSR count). The van der Waals surface area contributed by atoms with Gasteiger partial charge in [-0.2, -0.15) is 0 Å². The lowest BCUT2D eigenvalue weighted by Gasteiger charge is -2.06. The van der Waals surface area contributed by atoms with Gasteiger partial charge in [0.25, 0.3) is 0 Å². The van der Waals surface area contributed by atoms with E-state index in [2.05, 4.69) is 31.2 Å². The molecular weight excluding hydrogens is 272 g/mol. The van der Waals surface area contributed by atoms with E-state index in [1.807, 2.05) is 10.6 Å². The van der Waals surface area contributed by atoms with Crippen LogP contribution in [-0.4, -0.2) is 32.1 Å². The van der Waals surface area contributed by atoms with E-state index in [0.29, 0.717) is 13.1 Å². The van der Waals surface area contributed by atoms with Crippen molar-refractivity contribution in [2.45, 2.75) is 19.6 Å². The number of halogens is 1. The summed E-state index contributed by atoms with van der Waals surface area (Å²) in [6, 6.07) is 0. The summed E-state index contributed by atoms with van der Waals surface area (Å²) in [7, 11) is 0. The first-order valence-corrected chi connectivity index (χ1v) is 5.82. The quantitative estimate of drug-likeness (QED) is 0.878. The first-order valence-electron chi connectivity index (χ1n) is 5.03. The van der Waals surface area contributed by atoms with Gasteiger partial charge in [0.05, 0.1) is 24.2 Å². The van der Waals surface area contributed by atoms with Gasteiger partial charge in [0.2, 0.25) is 0 Å². The van der Waals surface area contributed by atoms with Crippen molar-refractivity contribution in [2.75, 3.05) is 6.54 Å². The van der Waals surface area contributed by atoms with Crippen molar-refractivity contribution in [2.24, 2.45) is 0 Å². The van der Waals surface area contributed by atoms with Gasteiger partial charge < -0.3 is 10.4 Å². The van der Waals surface area contributed by atoms with Crippen LogP contribution in [0.25, 0.3) is 5.65 Å². The average Bonchev–Trinajstić information content (AvgIpc) is 2.60. The monoisotopic (exact) mass is 284 g/mol. The van der Waals surface area contributed by atoms with E-state index in [1.54, 1.807) is 19.3 Å². The Labute approximate surface area is 102 Å². The lowest BCUT2D eigenvalue weighted by molar-refractivity contribution is 0.191. The standard InChI is InChI=1S/C10H13BrN4O/c1-7(16)2-12-3-8-4-14-10-5-13-9(11)6-15(8)10/h4-7,12,16H,2-3H2,1H3. The molecule has 0 radical (unpaired) electrons. The second-order valence-corrected chi connectivity index (χ2v) is 4.48. The van der Waals surface area contributed by atoms with Crippen molar-refractivity contribution in [3.63, 3.8) is 0 Å². The number of rotatable bonds is 4. The molecule has 0 aliphatic rings. The highest BCUT2D eigenvalue weighted by Crippen LogP contribution is 2.10. The SMILES string of the molecule is CC(O)CNCc1cnc2cnc(Br)cn12. The molecule has 2 N–H and O–H groups in total. The smallest absolute Gasteiger partial charge is 0.155 e. The van der Waals surface area contributed by atoms with E-state index in [9.17, 15) is 0 Å². The minimum absolute atomic E-state index is 0.340. The van der Waals surface area contributed by atoms with Crippen LogP contribution in [0.1, 0.15) is 12.6 Å². The number of aromatic nitrogens is 3. The number of hydrogen-bond acceptors (Lipinski definition) is 4. The average molecular weight is 285 g/mol. The van der Waals surface area contributed by atoms with Crippen molar-refractivity contribution in [3.8, 4) is 0 Å². The highest BCUT2D eigenvalue weighted by molar-refractivity contribution is 9.10. The molecule has 16 heavy (non-hydrogen) atoms. The largest absolute Gasteiger partial charge is 0.392 e. The molecule has 2 aromatic heterocycles. The number of nitrogens with one attached hydrogen (secondary N) is 1. The molecule has 0 aliphatic carbocycles. The molecule has 0 spiro atoms. The number of aliphatic hydroxyl groups excluding tert-OH is 1. The van der Waals surface area contributed by atoms with Gasteiger partial charge in [0.1, 0.15) is 4.60 Å². The Balaban J connectivity index is 2.15. The molecule has 0 aliphatic heterocycles. The summed E-state index contributed by atoms with van der Waals surface area (Å²) in [5.74, 6) is 0. The zero-order valence-electron chi connectivity index (χ0n) is 8.89. The Morgan fingerprint density at radius 2 is 2.31 bits per heavy atom. The number of imidazole rings is 1. The summed E-state index contributed by atoms with van der Waals surface area (Å²) in [5.41, 5.74) is 1.86. The number of fused-ring (bicyclic) bond motifs is 1. The second kappa shape index (κ2) is 4.90. The van der Waals surface area contributed by atoms with Gasteiger partial charge in [-0.3, -0.25) is 4.40 Å². The van der Waals surface area contributed by atoms with E-state index in [4.69, 9.17) is 5.11 Å². The van der Waals surface area contributed by atoms with Crippen LogP contribution in [0.3, 0.4) is 0 Å². The Bertz CT molecular complexity index is 483. The minimum atomic E-state index is -0.340. The number of aliphatic hydroxyl groups is 1. The second-order valence-electron chi connectivity index (χ2n) is 3.67. The third-order valence-electron chi connectivity index (χ3n) is 2.19. The molecule has 0 saturated heterocycles. The van der Waals surface area contributed by atoms with Crippen molar-refractivity contribution >= 4 is 21.6 Å². The summed E-state index contributed by atoms with van der Waals surface area (Å²) in [4.78, 5) is 8.34. The van der Waals surface area contributed by atoms with Crippen LogP contribution in [-0.2, 0) is 6.54 Å². The zero-order valence-corrected chi connectivity index (χ0v) is 10.5. The maximum absolute atomic E-state index is 9.14. The first-order chi connectivity index (χ1) is 7.66. The molecule has 1 atom stereocenters. The Kier molecular flexibility index (Phi) is 3.52. The highest BCUT2D eigenvalue weighted by Gasteiger charge is 2.04. The summed E-state index contributed by atoms with van der Waals surface area (Å²) in [6.45, 7) is 2.99. The molecule has 2 aromatic rings. The van der Waals surface area contributed by atoms with Gasteiger partial charge in [-0.15, -0.1) is 0 Å². The fourth-order valence-corrected chi connectivity index (χ4v) is 1.76. The fraction of sp³-hybridized carbons (Fsp3) is 0.400. The van der Waals surface area contributed by atoms with Crippen LogP contribution in [0.2, 0.25) is 0 Å². The van der Waals surface area contributed by atoms with Gasteiger partial charge in [0, 0.05) is 19.3 Å². The number of nitrogens with zero attached hydrogens (tertiary/aromatic N) is 3. The van der Waals surface area contributed by atoms with Crippen molar-refractivity contribution < 1.29 is 5.11 Å². The Hall–Kier alpha value is -0.980. The highest BCUT2D eigenvalue weighted by atomic mass is 79.9. The normalized spacial score (nSPS) is 13.2. The molecule has 0 amide bonds.